The van der Waals surface area contributed by atoms with Crippen LogP contribution in [-0.2, 0) is 9.53 Å². The number of amides is 1. The molecular weight excluding hydrogens is 237 g/mol. The van der Waals surface area contributed by atoms with E-state index in [2.05, 4.69) is 10.1 Å². The fourth-order valence-electron chi connectivity index (χ4n) is 1.07. The van der Waals surface area contributed by atoms with Crippen LogP contribution in [0.15, 0.2) is 18.2 Å². The summed E-state index contributed by atoms with van der Waals surface area (Å²) in [5, 5.41) is 2.31. The number of carbonyl (C=O) groups excluding carboxylic acids is 1. The lowest BCUT2D eigenvalue weighted by Crippen LogP contribution is -2.20. The molecule has 0 radical (unpaired) electrons. The molecule has 3 N–H and O–H groups in total. The number of rotatable bonds is 5. The fraction of sp³-hybridized carbons (Fsp3) is 0.300. The predicted molar refractivity (Wildman–Crippen MR) is 56.3 cm³/mol. The Balaban J connectivity index is 2.45. The number of anilines is 2. The van der Waals surface area contributed by atoms with Crippen LogP contribution in [0.2, 0.25) is 0 Å². The number of hydrogen-bond acceptors (Lipinski definition) is 3. The van der Waals surface area contributed by atoms with Gasteiger partial charge >= 0.3 is 0 Å². The number of alkyl halides is 2. The van der Waals surface area contributed by atoms with Crippen LogP contribution in [0.3, 0.4) is 0 Å². The van der Waals surface area contributed by atoms with E-state index in [0.717, 1.165) is 12.1 Å². The molecule has 4 nitrogen and oxygen atoms in total. The number of carbonyl (C=O) groups is 1. The summed E-state index contributed by atoms with van der Waals surface area (Å²) in [6, 6.07) is 3.43. The van der Waals surface area contributed by atoms with Gasteiger partial charge in [0.15, 0.2) is 0 Å². The van der Waals surface area contributed by atoms with Crippen molar-refractivity contribution in [3.05, 3.63) is 24.0 Å². The number of benzene rings is 1. The lowest BCUT2D eigenvalue weighted by Gasteiger charge is -2.08. The van der Waals surface area contributed by atoms with E-state index in [1.54, 1.807) is 0 Å². The Morgan fingerprint density at radius 2 is 2.18 bits per heavy atom. The molecule has 0 aromatic heterocycles. The lowest BCUT2D eigenvalue weighted by atomic mass is 10.2. The summed E-state index contributed by atoms with van der Waals surface area (Å²) in [6.45, 7) is -1.33. The van der Waals surface area contributed by atoms with Gasteiger partial charge in [0, 0.05) is 0 Å². The summed E-state index contributed by atoms with van der Waals surface area (Å²) in [6.07, 6.45) is -2.63. The molecule has 0 saturated heterocycles. The van der Waals surface area contributed by atoms with Gasteiger partial charge in [-0.3, -0.25) is 4.79 Å². The van der Waals surface area contributed by atoms with Gasteiger partial charge in [0.2, 0.25) is 5.91 Å². The smallest absolute Gasteiger partial charge is 0.261 e. The molecule has 0 aliphatic rings. The first-order chi connectivity index (χ1) is 7.99. The standard InChI is InChI=1S/C10H11F3N2O2/c11-6-1-2-8(7(14)3-6)15-10(16)5-17-4-9(12)13/h1-3,9H,4-5,14H2,(H,15,16). The molecule has 94 valence electrons. The van der Waals surface area contributed by atoms with Crippen molar-refractivity contribution in [2.24, 2.45) is 0 Å². The van der Waals surface area contributed by atoms with Crippen molar-refractivity contribution in [1.29, 1.82) is 0 Å². The van der Waals surface area contributed by atoms with E-state index >= 15 is 0 Å². The summed E-state index contributed by atoms with van der Waals surface area (Å²) in [5.74, 6) is -1.17. The SMILES string of the molecule is Nc1cc(F)ccc1NC(=O)COCC(F)F. The maximum Gasteiger partial charge on any atom is 0.261 e. The maximum atomic E-state index is 12.7. The Morgan fingerprint density at radius 1 is 1.47 bits per heavy atom. The van der Waals surface area contributed by atoms with Gasteiger partial charge in [-0.05, 0) is 18.2 Å². The Kier molecular flexibility index (Phi) is 4.77. The van der Waals surface area contributed by atoms with Crippen molar-refractivity contribution >= 4 is 17.3 Å². The average Bonchev–Trinajstić information content (AvgIpc) is 2.21. The molecule has 0 bridgehead atoms. The van der Waals surface area contributed by atoms with Gasteiger partial charge < -0.3 is 15.8 Å². The third-order valence-electron chi connectivity index (χ3n) is 1.76. The van der Waals surface area contributed by atoms with Gasteiger partial charge in [0.1, 0.15) is 19.0 Å². The van der Waals surface area contributed by atoms with E-state index in [4.69, 9.17) is 5.73 Å². The molecule has 0 unspecified atom stereocenters. The summed E-state index contributed by atoms with van der Waals surface area (Å²) >= 11 is 0. The number of nitrogen functional groups attached to an aromatic ring is 1. The first kappa shape index (κ1) is 13.3. The van der Waals surface area contributed by atoms with E-state index in [0.29, 0.717) is 0 Å². The highest BCUT2D eigenvalue weighted by Crippen LogP contribution is 2.18. The third-order valence-corrected chi connectivity index (χ3v) is 1.76. The molecule has 1 aromatic carbocycles. The topological polar surface area (TPSA) is 64.3 Å². The van der Waals surface area contributed by atoms with Crippen LogP contribution >= 0.6 is 0 Å². The molecule has 0 heterocycles. The molecular formula is C10H11F3N2O2. The molecule has 1 amide bonds. The minimum Gasteiger partial charge on any atom is -0.397 e. The normalized spacial score (nSPS) is 10.6. The molecule has 17 heavy (non-hydrogen) atoms. The Hall–Kier alpha value is -1.76. The predicted octanol–water partition coefficient (Wildman–Crippen LogP) is 1.63. The second-order valence-electron chi connectivity index (χ2n) is 3.19. The molecule has 0 atom stereocenters. The van der Waals surface area contributed by atoms with Crippen LogP contribution < -0.4 is 11.1 Å². The van der Waals surface area contributed by atoms with Crippen LogP contribution in [0.5, 0.6) is 0 Å². The second kappa shape index (κ2) is 6.09. The molecule has 0 spiro atoms. The zero-order chi connectivity index (χ0) is 12.8. The Labute approximate surface area is 95.6 Å². The van der Waals surface area contributed by atoms with Crippen molar-refractivity contribution in [2.75, 3.05) is 24.3 Å². The Morgan fingerprint density at radius 3 is 2.76 bits per heavy atom. The van der Waals surface area contributed by atoms with E-state index in [1.807, 2.05) is 0 Å². The summed E-state index contributed by atoms with van der Waals surface area (Å²) in [4.78, 5) is 11.2. The number of hydrogen-bond donors (Lipinski definition) is 2. The van der Waals surface area contributed by atoms with E-state index in [1.165, 1.54) is 6.07 Å². The molecule has 7 heteroatoms. The minimum atomic E-state index is -2.63. The van der Waals surface area contributed by atoms with E-state index in [9.17, 15) is 18.0 Å². The second-order valence-corrected chi connectivity index (χ2v) is 3.19. The summed E-state index contributed by atoms with van der Waals surface area (Å²) < 4.78 is 40.5. The minimum absolute atomic E-state index is 0.0483. The molecule has 0 saturated carbocycles. The highest BCUT2D eigenvalue weighted by Gasteiger charge is 2.08. The zero-order valence-electron chi connectivity index (χ0n) is 8.75. The van der Waals surface area contributed by atoms with Gasteiger partial charge in [-0.15, -0.1) is 0 Å². The van der Waals surface area contributed by atoms with E-state index in [-0.39, 0.29) is 11.4 Å². The maximum absolute atomic E-state index is 12.7. The molecule has 0 fully saturated rings. The van der Waals surface area contributed by atoms with Crippen molar-refractivity contribution < 1.29 is 22.7 Å². The van der Waals surface area contributed by atoms with Gasteiger partial charge in [0.05, 0.1) is 11.4 Å². The number of ether oxygens (including phenoxy) is 1. The van der Waals surface area contributed by atoms with Crippen molar-refractivity contribution in [1.82, 2.24) is 0 Å². The van der Waals surface area contributed by atoms with Crippen molar-refractivity contribution in [2.45, 2.75) is 6.43 Å². The summed E-state index contributed by atoms with van der Waals surface area (Å²) in [5.41, 5.74) is 5.68. The van der Waals surface area contributed by atoms with E-state index < -0.39 is 31.4 Å². The lowest BCUT2D eigenvalue weighted by molar-refractivity contribution is -0.121. The highest BCUT2D eigenvalue weighted by atomic mass is 19.3. The van der Waals surface area contributed by atoms with Gasteiger partial charge in [0.25, 0.3) is 6.43 Å². The quantitative estimate of drug-likeness (QED) is 0.778. The monoisotopic (exact) mass is 248 g/mol. The number of nitrogens with one attached hydrogen (secondary N) is 1. The van der Waals surface area contributed by atoms with Crippen LogP contribution in [0.25, 0.3) is 0 Å². The van der Waals surface area contributed by atoms with Crippen LogP contribution in [-0.4, -0.2) is 25.5 Å². The zero-order valence-corrected chi connectivity index (χ0v) is 8.75. The number of halogens is 3. The molecule has 1 rings (SSSR count). The molecule has 0 aliphatic heterocycles. The van der Waals surface area contributed by atoms with Crippen LogP contribution in [0.4, 0.5) is 24.5 Å². The van der Waals surface area contributed by atoms with Gasteiger partial charge in [-0.1, -0.05) is 0 Å². The third kappa shape index (κ3) is 4.73. The molecule has 1 aromatic rings. The van der Waals surface area contributed by atoms with Crippen molar-refractivity contribution in [3.8, 4) is 0 Å². The Bertz CT molecular complexity index is 399. The van der Waals surface area contributed by atoms with Crippen LogP contribution in [0, 0.1) is 5.82 Å². The van der Waals surface area contributed by atoms with Gasteiger partial charge in [-0.25, -0.2) is 13.2 Å². The largest absolute Gasteiger partial charge is 0.397 e. The van der Waals surface area contributed by atoms with Crippen molar-refractivity contribution in [3.63, 3.8) is 0 Å². The first-order valence-electron chi connectivity index (χ1n) is 4.70. The highest BCUT2D eigenvalue weighted by molar-refractivity contribution is 5.94. The van der Waals surface area contributed by atoms with Crippen LogP contribution in [0.1, 0.15) is 0 Å². The number of nitrogens with two attached hydrogens (primary N) is 1. The first-order valence-corrected chi connectivity index (χ1v) is 4.70. The van der Waals surface area contributed by atoms with Gasteiger partial charge in [-0.2, -0.15) is 0 Å². The summed E-state index contributed by atoms with van der Waals surface area (Å²) in [7, 11) is 0. The fourth-order valence-corrected chi connectivity index (χ4v) is 1.07. The molecule has 0 aliphatic carbocycles. The average molecular weight is 248 g/mol.